The molecule has 12 heavy (non-hydrogen) atoms. The minimum absolute atomic E-state index is 0.102. The van der Waals surface area contributed by atoms with Gasteiger partial charge in [0.2, 0.25) is 0 Å². The van der Waals surface area contributed by atoms with Crippen LogP contribution in [0.2, 0.25) is 0 Å². The molecule has 0 radical (unpaired) electrons. The summed E-state index contributed by atoms with van der Waals surface area (Å²) < 4.78 is 5.44. The summed E-state index contributed by atoms with van der Waals surface area (Å²) in [5.74, 6) is 0.918. The first-order valence-corrected chi connectivity index (χ1v) is 4.82. The molecular formula is C10H18O2. The van der Waals surface area contributed by atoms with Crippen molar-refractivity contribution in [3.63, 3.8) is 0 Å². The smallest absolute Gasteiger partial charge is 0.164 e. The third kappa shape index (κ3) is 2.31. The fourth-order valence-corrected chi connectivity index (χ4v) is 1.36. The number of ketones is 1. The van der Waals surface area contributed by atoms with Crippen molar-refractivity contribution in [3.8, 4) is 0 Å². The molecule has 70 valence electrons. The van der Waals surface area contributed by atoms with Gasteiger partial charge in [-0.1, -0.05) is 13.8 Å². The van der Waals surface area contributed by atoms with Crippen molar-refractivity contribution in [2.24, 2.45) is 11.8 Å². The number of hydrogen-bond acceptors (Lipinski definition) is 2. The van der Waals surface area contributed by atoms with Gasteiger partial charge in [-0.3, -0.25) is 4.79 Å². The van der Waals surface area contributed by atoms with Crippen molar-refractivity contribution in [2.75, 3.05) is 6.61 Å². The van der Waals surface area contributed by atoms with Crippen LogP contribution in [0, 0.1) is 11.8 Å². The summed E-state index contributed by atoms with van der Waals surface area (Å²) in [6.45, 7) is 6.48. The molecule has 0 bridgehead atoms. The average molecular weight is 170 g/mol. The first kappa shape index (κ1) is 9.72. The van der Waals surface area contributed by atoms with E-state index < -0.39 is 0 Å². The molecule has 0 aliphatic heterocycles. The zero-order valence-corrected chi connectivity index (χ0v) is 8.17. The van der Waals surface area contributed by atoms with Gasteiger partial charge in [-0.2, -0.15) is 0 Å². The van der Waals surface area contributed by atoms with Gasteiger partial charge >= 0.3 is 0 Å². The second-order valence-corrected chi connectivity index (χ2v) is 3.77. The molecular weight excluding hydrogens is 152 g/mol. The van der Waals surface area contributed by atoms with Gasteiger partial charge in [-0.25, -0.2) is 0 Å². The Labute approximate surface area is 74.3 Å². The molecule has 1 unspecified atom stereocenters. The summed E-state index contributed by atoms with van der Waals surface area (Å²) in [4.78, 5) is 11.6. The zero-order valence-electron chi connectivity index (χ0n) is 8.17. The SMILES string of the molecule is CCOC(C(=O)C(C)C)C1CC1. The lowest BCUT2D eigenvalue weighted by Crippen LogP contribution is -2.30. The molecule has 0 spiro atoms. The van der Waals surface area contributed by atoms with E-state index in [0.717, 1.165) is 0 Å². The van der Waals surface area contributed by atoms with Crippen LogP contribution in [0.25, 0.3) is 0 Å². The number of rotatable bonds is 5. The Morgan fingerprint density at radius 1 is 1.50 bits per heavy atom. The van der Waals surface area contributed by atoms with Crippen LogP contribution in [-0.2, 0) is 9.53 Å². The minimum Gasteiger partial charge on any atom is -0.370 e. The van der Waals surface area contributed by atoms with Crippen molar-refractivity contribution >= 4 is 5.78 Å². The third-order valence-corrected chi connectivity index (χ3v) is 2.25. The lowest BCUT2D eigenvalue weighted by Gasteiger charge is -2.16. The lowest BCUT2D eigenvalue weighted by molar-refractivity contribution is -0.134. The molecule has 1 fully saturated rings. The molecule has 0 aromatic heterocycles. The van der Waals surface area contributed by atoms with Gasteiger partial charge in [-0.15, -0.1) is 0 Å². The Hall–Kier alpha value is -0.370. The molecule has 1 rings (SSSR count). The normalized spacial score (nSPS) is 19.7. The van der Waals surface area contributed by atoms with Crippen LogP contribution in [0.15, 0.2) is 0 Å². The molecule has 1 aliphatic carbocycles. The fourth-order valence-electron chi connectivity index (χ4n) is 1.36. The molecule has 1 aliphatic rings. The number of hydrogen-bond donors (Lipinski definition) is 0. The van der Waals surface area contributed by atoms with Crippen LogP contribution in [0.1, 0.15) is 33.6 Å². The predicted octanol–water partition coefficient (Wildman–Crippen LogP) is 2.03. The Balaban J connectivity index is 2.46. The molecule has 0 saturated heterocycles. The van der Waals surface area contributed by atoms with Gasteiger partial charge in [0, 0.05) is 12.5 Å². The quantitative estimate of drug-likeness (QED) is 0.631. The first-order valence-electron chi connectivity index (χ1n) is 4.82. The fraction of sp³-hybridized carbons (Fsp3) is 0.900. The van der Waals surface area contributed by atoms with Gasteiger partial charge in [-0.05, 0) is 25.7 Å². The molecule has 2 heteroatoms. The number of carbonyl (C=O) groups excluding carboxylic acids is 1. The van der Waals surface area contributed by atoms with Gasteiger partial charge < -0.3 is 4.74 Å². The standard InChI is InChI=1S/C10H18O2/c1-4-12-10(8-5-6-8)9(11)7(2)3/h7-8,10H,4-6H2,1-3H3. The largest absolute Gasteiger partial charge is 0.370 e. The highest BCUT2D eigenvalue weighted by molar-refractivity contribution is 5.85. The summed E-state index contributed by atoms with van der Waals surface area (Å²) in [5.41, 5.74) is 0. The van der Waals surface area contributed by atoms with Crippen LogP contribution in [0.3, 0.4) is 0 Å². The molecule has 0 amide bonds. The van der Waals surface area contributed by atoms with E-state index in [1.165, 1.54) is 12.8 Å². The van der Waals surface area contributed by atoms with E-state index in [2.05, 4.69) is 0 Å². The van der Waals surface area contributed by atoms with E-state index in [1.807, 2.05) is 20.8 Å². The second kappa shape index (κ2) is 4.04. The van der Waals surface area contributed by atoms with Gasteiger partial charge in [0.15, 0.2) is 5.78 Å². The van der Waals surface area contributed by atoms with E-state index in [1.54, 1.807) is 0 Å². The summed E-state index contributed by atoms with van der Waals surface area (Å²) in [5, 5.41) is 0. The van der Waals surface area contributed by atoms with E-state index in [9.17, 15) is 4.79 Å². The van der Waals surface area contributed by atoms with E-state index in [4.69, 9.17) is 4.74 Å². The predicted molar refractivity (Wildman–Crippen MR) is 48.0 cm³/mol. The van der Waals surface area contributed by atoms with Gasteiger partial charge in [0.25, 0.3) is 0 Å². The van der Waals surface area contributed by atoms with Crippen LogP contribution < -0.4 is 0 Å². The minimum atomic E-state index is -0.102. The van der Waals surface area contributed by atoms with E-state index in [0.29, 0.717) is 12.5 Å². The van der Waals surface area contributed by atoms with Crippen LogP contribution >= 0.6 is 0 Å². The Morgan fingerprint density at radius 3 is 2.42 bits per heavy atom. The Bertz CT molecular complexity index is 159. The average Bonchev–Trinajstić information content (AvgIpc) is 2.81. The summed E-state index contributed by atoms with van der Waals surface area (Å²) in [7, 11) is 0. The van der Waals surface area contributed by atoms with Crippen LogP contribution in [-0.4, -0.2) is 18.5 Å². The molecule has 2 nitrogen and oxygen atoms in total. The molecule has 0 aromatic rings. The van der Waals surface area contributed by atoms with Crippen molar-refractivity contribution in [1.82, 2.24) is 0 Å². The number of ether oxygens (including phenoxy) is 1. The second-order valence-electron chi connectivity index (χ2n) is 3.77. The van der Waals surface area contributed by atoms with Crippen molar-refractivity contribution in [2.45, 2.75) is 39.7 Å². The van der Waals surface area contributed by atoms with E-state index in [-0.39, 0.29) is 17.8 Å². The summed E-state index contributed by atoms with van der Waals surface area (Å²) in [6, 6.07) is 0. The van der Waals surface area contributed by atoms with Crippen LogP contribution in [0.5, 0.6) is 0 Å². The van der Waals surface area contributed by atoms with Crippen LogP contribution in [0.4, 0.5) is 0 Å². The van der Waals surface area contributed by atoms with Gasteiger partial charge in [0.05, 0.1) is 0 Å². The molecule has 0 N–H and O–H groups in total. The first-order chi connectivity index (χ1) is 5.66. The Morgan fingerprint density at radius 2 is 2.08 bits per heavy atom. The zero-order chi connectivity index (χ0) is 9.14. The van der Waals surface area contributed by atoms with Crippen molar-refractivity contribution < 1.29 is 9.53 Å². The molecule has 1 atom stereocenters. The summed E-state index contributed by atoms with van der Waals surface area (Å²) >= 11 is 0. The third-order valence-electron chi connectivity index (χ3n) is 2.25. The summed E-state index contributed by atoms with van der Waals surface area (Å²) in [6.07, 6.45) is 2.24. The maximum absolute atomic E-state index is 11.6. The molecule has 0 heterocycles. The maximum Gasteiger partial charge on any atom is 0.164 e. The highest BCUT2D eigenvalue weighted by atomic mass is 16.5. The highest BCUT2D eigenvalue weighted by Gasteiger charge is 2.37. The lowest BCUT2D eigenvalue weighted by atomic mass is 10.0. The topological polar surface area (TPSA) is 26.3 Å². The van der Waals surface area contributed by atoms with Crippen molar-refractivity contribution in [3.05, 3.63) is 0 Å². The molecule has 0 aromatic carbocycles. The van der Waals surface area contributed by atoms with E-state index >= 15 is 0 Å². The Kier molecular flexibility index (Phi) is 3.27. The number of Topliss-reactive ketones (excluding diaryl/α,β-unsaturated/α-hetero) is 1. The number of carbonyl (C=O) groups is 1. The monoisotopic (exact) mass is 170 g/mol. The highest BCUT2D eigenvalue weighted by Crippen LogP contribution is 2.35. The van der Waals surface area contributed by atoms with Crippen molar-refractivity contribution in [1.29, 1.82) is 0 Å². The maximum atomic E-state index is 11.6. The van der Waals surface area contributed by atoms with Gasteiger partial charge in [0.1, 0.15) is 6.10 Å². The molecule has 1 saturated carbocycles.